The molecule has 123 heavy (non-hydrogen) atoms. The molecule has 0 fully saturated rings. The molecule has 43 nitrogen and oxygen atoms in total. The van der Waals surface area contributed by atoms with E-state index in [4.69, 9.17) is 22.3 Å². The highest BCUT2D eigenvalue weighted by Crippen LogP contribution is 2.21. The Bertz CT molecular complexity index is 4100. The quantitative estimate of drug-likeness (QED) is 0.0109. The number of nitrogens with two attached hydrogens (primary N) is 3. The predicted octanol–water partition coefficient (Wildman–Crippen LogP) is -4.64. The van der Waals surface area contributed by atoms with Crippen LogP contribution in [0.4, 0.5) is 0 Å². The summed E-state index contributed by atoms with van der Waals surface area (Å²) in [5.41, 5.74) is 18.8. The number of carboxylic acids is 2. The number of fused-ring (bicyclic) bond motifs is 1. The van der Waals surface area contributed by atoms with Crippen LogP contribution in [0.2, 0.25) is 0 Å². The first-order chi connectivity index (χ1) is 57.7. The number of guanidine groups is 1. The molecule has 2 heterocycles. The van der Waals surface area contributed by atoms with E-state index in [9.17, 15) is 96.8 Å². The van der Waals surface area contributed by atoms with Gasteiger partial charge in [0, 0.05) is 60.6 Å². The zero-order valence-corrected chi connectivity index (χ0v) is 73.0. The molecule has 3 rings (SSSR count). The van der Waals surface area contributed by atoms with E-state index in [1.807, 2.05) is 0 Å². The van der Waals surface area contributed by atoms with Crippen molar-refractivity contribution in [2.75, 3.05) is 31.9 Å². The monoisotopic (exact) mass is 1750 g/mol. The molecule has 16 atom stereocenters. The van der Waals surface area contributed by atoms with E-state index < -0.39 is 235 Å². The van der Waals surface area contributed by atoms with Crippen LogP contribution in [0, 0.1) is 35.5 Å². The van der Waals surface area contributed by atoms with Crippen molar-refractivity contribution in [3.8, 4) is 0 Å². The number of benzene rings is 1. The molecule has 1 aromatic carbocycles. The van der Waals surface area contributed by atoms with E-state index in [-0.39, 0.29) is 87.4 Å². The number of rotatable bonds is 55. The van der Waals surface area contributed by atoms with Gasteiger partial charge in [0.25, 0.3) is 0 Å². The number of imidazole rings is 1. The highest BCUT2D eigenvalue weighted by molar-refractivity contribution is 7.80. The summed E-state index contributed by atoms with van der Waals surface area (Å²) >= 11 is 4.39. The Balaban J connectivity index is 1.86. The molecule has 0 saturated carbocycles. The Labute approximate surface area is 719 Å². The number of amides is 15. The second kappa shape index (κ2) is 52.7. The highest BCUT2D eigenvalue weighted by Gasteiger charge is 2.40. The van der Waals surface area contributed by atoms with Crippen molar-refractivity contribution >= 4 is 130 Å². The molecule has 3 aromatic rings. The summed E-state index contributed by atoms with van der Waals surface area (Å²) in [4.78, 5) is 246. The number of carbonyl (C=O) groups is 17. The van der Waals surface area contributed by atoms with Gasteiger partial charge in [-0.15, -0.1) is 0 Å². The largest absolute Gasteiger partial charge is 0.481 e. The van der Waals surface area contributed by atoms with Gasteiger partial charge in [-0.2, -0.15) is 12.6 Å². The minimum absolute atomic E-state index is 0.00580. The van der Waals surface area contributed by atoms with Crippen LogP contribution in [0.1, 0.15) is 160 Å². The van der Waals surface area contributed by atoms with Gasteiger partial charge in [-0.1, -0.05) is 108 Å². The fourth-order valence-electron chi connectivity index (χ4n) is 12.6. The van der Waals surface area contributed by atoms with Crippen LogP contribution in [-0.2, 0) is 94.3 Å². The molecule has 15 amide bonds. The summed E-state index contributed by atoms with van der Waals surface area (Å²) in [6.07, 6.45) is 0.0742. The number of para-hydroxylation sites is 1. The maximum Gasteiger partial charge on any atom is 0.322 e. The summed E-state index contributed by atoms with van der Waals surface area (Å²) in [5, 5.41) is 78.2. The van der Waals surface area contributed by atoms with Gasteiger partial charge >= 0.3 is 11.9 Å². The number of hydrogen-bond acceptors (Lipinski definition) is 23. The van der Waals surface area contributed by atoms with E-state index in [2.05, 4.69) is 112 Å². The average molecular weight is 1750 g/mol. The van der Waals surface area contributed by atoms with Crippen molar-refractivity contribution in [3.63, 3.8) is 0 Å². The number of nitrogens with one attached hydrogen (secondary N) is 17. The van der Waals surface area contributed by atoms with E-state index in [1.165, 1.54) is 26.4 Å². The van der Waals surface area contributed by atoms with Gasteiger partial charge in [-0.05, 0) is 99.5 Å². The number of carboxylic acid groups (broad SMARTS) is 2. The van der Waals surface area contributed by atoms with Crippen LogP contribution >= 0.6 is 12.6 Å². The number of H-pyrrole nitrogens is 2. The fraction of sp³-hybridized carbons (Fsp3) is 0.633. The van der Waals surface area contributed by atoms with Crippen molar-refractivity contribution in [1.82, 2.24) is 94.7 Å². The van der Waals surface area contributed by atoms with Crippen molar-refractivity contribution < 1.29 is 102 Å². The standard InChI is InChI=1S/C79H128N22O21S/c1-15-42(12)63(97-58(105)33-87-67(111)52(25-37(2)3)92-69(113)51(22-23-59(106)107)91-66(110)48(80)29-46-31-83-36-89-46)76(120)99-62(41(10)11)75(119)95-54(27-39(6)7)71(115)94-55(28-45-30-85-49-20-17-16-19-47(45)49)72(116)96-56(35-123)73(117)93-53(26-38(4)5)68(112)86-32-57(104)90-50(21-18-24-84-79(81)82)70(114)100-64(43(13)102)78(122)101-65(44(14)103)77(121)98-61(40(8)9)74(118)88-34-60(108)109/h16-17,19-20,30-31,36-44,48,50-56,61-65,85,102-103,123H,15,18,21-29,32-35,80H2,1-14H3,(H,83,89)(H,86,112)(H,87,111)(H,88,118)(H,90,104)(H,91,110)(H,92,113)(H,93,117)(H,94,115)(H,95,119)(H,96,116)(H,97,105)(H,98,121)(H,99,120)(H,100,114)(H,101,122)(H,106,107)(H,108,109)(H4,81,82,84)/t42-,43+,44+,48-,50-,51-,52-,53-,54-,55-,56-,61-,62-,63-,64-,65-/m0/s1. The number of aliphatic imine (C=N–C) groups is 1. The first-order valence-corrected chi connectivity index (χ1v) is 41.5. The maximum absolute atomic E-state index is 14.9. The Morgan fingerprint density at radius 2 is 0.878 bits per heavy atom. The van der Waals surface area contributed by atoms with Crippen LogP contribution < -0.4 is 97.0 Å². The topological polar surface area (TPSA) is 686 Å². The van der Waals surface area contributed by atoms with Crippen molar-refractivity contribution in [1.29, 1.82) is 0 Å². The van der Waals surface area contributed by atoms with Gasteiger partial charge in [-0.3, -0.25) is 86.5 Å². The normalized spacial score (nSPS) is 15.3. The molecule has 2 aromatic heterocycles. The van der Waals surface area contributed by atoms with Gasteiger partial charge in [0.2, 0.25) is 88.6 Å². The molecule has 0 unspecified atom stereocenters. The molecule has 0 bridgehead atoms. The van der Waals surface area contributed by atoms with Crippen molar-refractivity contribution in [2.24, 2.45) is 57.7 Å². The first kappa shape index (κ1) is 106. The summed E-state index contributed by atoms with van der Waals surface area (Å²) in [6.45, 7) is 20.1. The van der Waals surface area contributed by atoms with Crippen molar-refractivity contribution in [3.05, 3.63) is 54.2 Å². The van der Waals surface area contributed by atoms with Gasteiger partial charge in [0.05, 0.1) is 37.7 Å². The summed E-state index contributed by atoms with van der Waals surface area (Å²) < 4.78 is 0. The summed E-state index contributed by atoms with van der Waals surface area (Å²) in [5.74, 6) is -19.9. The lowest BCUT2D eigenvalue weighted by atomic mass is 9.96. The van der Waals surface area contributed by atoms with E-state index in [0.29, 0.717) is 28.6 Å². The van der Waals surface area contributed by atoms with Crippen LogP contribution in [0.5, 0.6) is 0 Å². The Kier molecular flexibility index (Phi) is 45.3. The number of hydrogen-bond donors (Lipinski definition) is 25. The number of aromatic nitrogens is 3. The van der Waals surface area contributed by atoms with E-state index in [1.54, 1.807) is 99.7 Å². The Hall–Kier alpha value is -11.5. The fourth-order valence-corrected chi connectivity index (χ4v) is 12.8. The molecule has 0 radical (unpaired) electrons. The second-order valence-electron chi connectivity index (χ2n) is 32.3. The van der Waals surface area contributed by atoms with Crippen LogP contribution in [0.3, 0.4) is 0 Å². The van der Waals surface area contributed by atoms with Gasteiger partial charge in [0.1, 0.15) is 79.0 Å². The lowest BCUT2D eigenvalue weighted by Gasteiger charge is -2.30. The lowest BCUT2D eigenvalue weighted by molar-refractivity contribution is -0.139. The van der Waals surface area contributed by atoms with E-state index >= 15 is 0 Å². The molecule has 27 N–H and O–H groups in total. The van der Waals surface area contributed by atoms with Crippen LogP contribution in [0.25, 0.3) is 10.9 Å². The van der Waals surface area contributed by atoms with Crippen LogP contribution in [0.15, 0.2) is 48.0 Å². The maximum atomic E-state index is 14.9. The SMILES string of the molecule is CC[C@H](C)[C@H](NC(=O)CNC(=O)[C@H](CC(C)C)NC(=O)[C@H](CCC(=O)O)NC(=O)[C@@H](N)Cc1cnc[nH]1)C(=O)N[C@H](C(=O)N[C@@H](CC(C)C)C(=O)N[C@@H](Cc1c[nH]c2ccccc12)C(=O)N[C@@H](CS)C(=O)N[C@@H](CC(C)C)C(=O)NCC(=O)N[C@@H](CCCN=C(N)N)C(=O)N[C@H](C(=O)N[C@H](C(=O)N[C@H](C(=O)NCC(=O)O)C(C)C)[C@@H](C)O)[C@@H](C)O)C(C)C. The predicted molar refractivity (Wildman–Crippen MR) is 454 cm³/mol. The molecule has 0 saturated heterocycles. The highest BCUT2D eigenvalue weighted by atomic mass is 32.1. The zero-order chi connectivity index (χ0) is 92.8. The smallest absolute Gasteiger partial charge is 0.322 e. The van der Waals surface area contributed by atoms with Gasteiger partial charge in [-0.25, -0.2) is 4.98 Å². The Morgan fingerprint density at radius 3 is 1.37 bits per heavy atom. The number of aromatic amines is 2. The van der Waals surface area contributed by atoms with E-state index in [0.717, 1.165) is 13.8 Å². The molecule has 44 heteroatoms. The van der Waals surface area contributed by atoms with Gasteiger partial charge in [0.15, 0.2) is 5.96 Å². The van der Waals surface area contributed by atoms with Crippen LogP contribution in [-0.4, -0.2) is 265 Å². The molecular weight excluding hydrogens is 1630 g/mol. The second-order valence-corrected chi connectivity index (χ2v) is 32.6. The number of nitrogens with zero attached hydrogens (tertiary/aromatic N) is 2. The number of aliphatic hydroxyl groups excluding tert-OH is 2. The third kappa shape index (κ3) is 37.4. The lowest BCUT2D eigenvalue weighted by Crippen LogP contribution is -2.63. The minimum Gasteiger partial charge on any atom is -0.481 e. The molecule has 0 aliphatic rings. The third-order valence-electron chi connectivity index (χ3n) is 19.5. The molecule has 686 valence electrons. The summed E-state index contributed by atoms with van der Waals surface area (Å²) in [6, 6.07) is -11.9. The molecule has 0 aliphatic carbocycles. The zero-order valence-electron chi connectivity index (χ0n) is 72.1. The van der Waals surface area contributed by atoms with Crippen molar-refractivity contribution in [2.45, 2.75) is 252 Å². The third-order valence-corrected chi connectivity index (χ3v) is 19.8. The summed E-state index contributed by atoms with van der Waals surface area (Å²) in [7, 11) is 0. The average Bonchev–Trinajstić information content (AvgIpc) is 1.70. The molecular formula is C79H128N22O21S. The minimum atomic E-state index is -1.88. The number of thiol groups is 1. The number of aliphatic hydroxyl groups is 2. The molecule has 0 spiro atoms. The first-order valence-electron chi connectivity index (χ1n) is 40.9. The molecule has 0 aliphatic heterocycles. The van der Waals surface area contributed by atoms with Gasteiger partial charge < -0.3 is 127 Å². The Morgan fingerprint density at radius 1 is 0.455 bits per heavy atom. The number of carbonyl (C=O) groups excluding carboxylic acids is 15. The number of aliphatic carboxylic acids is 2.